The van der Waals surface area contributed by atoms with Crippen LogP contribution in [0.5, 0.6) is 17.4 Å². The number of hydrogen-bond acceptors (Lipinski definition) is 17. The van der Waals surface area contributed by atoms with Crippen molar-refractivity contribution in [3.05, 3.63) is 107 Å². The van der Waals surface area contributed by atoms with Gasteiger partial charge in [0, 0.05) is 75.1 Å². The monoisotopic (exact) mass is 1220 g/mol. The number of carbonyl (C=O) groups is 6. The molecule has 88 heavy (non-hydrogen) atoms. The van der Waals surface area contributed by atoms with Crippen molar-refractivity contribution in [2.24, 2.45) is 28.9 Å². The topological polar surface area (TPSA) is 345 Å². The van der Waals surface area contributed by atoms with Crippen LogP contribution >= 0.6 is 0 Å². The van der Waals surface area contributed by atoms with Gasteiger partial charge in [-0.05, 0) is 124 Å². The summed E-state index contributed by atoms with van der Waals surface area (Å²) in [5, 5.41) is 50.3. The molecule has 10 N–H and O–H groups in total. The quantitative estimate of drug-likeness (QED) is 0.0199. The molecule has 3 fully saturated rings. The summed E-state index contributed by atoms with van der Waals surface area (Å²) < 4.78 is 24.7. The summed E-state index contributed by atoms with van der Waals surface area (Å²) in [5.74, 6) is -0.922. The summed E-state index contributed by atoms with van der Waals surface area (Å²) in [6.45, 7) is 12.0. The van der Waals surface area contributed by atoms with Crippen LogP contribution in [0.1, 0.15) is 93.2 Å². The molecule has 2 saturated carbocycles. The summed E-state index contributed by atoms with van der Waals surface area (Å²) in [5.41, 5.74) is 11.2. The van der Waals surface area contributed by atoms with Gasteiger partial charge in [-0.3, -0.25) is 24.3 Å². The molecule has 26 nitrogen and oxygen atoms in total. The number of likely N-dealkylation sites (N-methyl/N-ethyl adjacent to an activating group) is 1. The number of aromatic amines is 1. The summed E-state index contributed by atoms with van der Waals surface area (Å²) >= 11 is 0. The number of aliphatic hydroxyl groups is 1. The van der Waals surface area contributed by atoms with E-state index in [1.165, 1.54) is 23.0 Å². The molecule has 2 aliphatic carbocycles. The maximum Gasteiger partial charge on any atom is 0.326 e. The number of ether oxygens (including phenoxy) is 4. The number of H-pyrrole nitrogens is 1. The second-order valence-corrected chi connectivity index (χ2v) is 24.0. The van der Waals surface area contributed by atoms with Crippen LogP contribution in [-0.2, 0) is 41.8 Å². The molecule has 6 amide bonds. The van der Waals surface area contributed by atoms with Gasteiger partial charge < -0.3 is 71.3 Å². The molecule has 1 unspecified atom stereocenters. The Morgan fingerprint density at radius 3 is 2.31 bits per heavy atom. The molecule has 3 atom stereocenters. The van der Waals surface area contributed by atoms with E-state index in [1.807, 2.05) is 58.9 Å². The Balaban J connectivity index is 0.661. The predicted molar refractivity (Wildman–Crippen MR) is 325 cm³/mol. The number of carbonyl (C=O) groups excluding carboxylic acids is 5. The van der Waals surface area contributed by atoms with Crippen LogP contribution in [0.2, 0.25) is 0 Å². The molecule has 8 rings (SSSR count). The first-order valence-electron chi connectivity index (χ1n) is 30.0. The predicted octanol–water partition coefficient (Wildman–Crippen LogP) is 4.69. The molecule has 4 heterocycles. The van der Waals surface area contributed by atoms with E-state index < -0.39 is 41.9 Å². The number of carboxylic acids is 1. The third-order valence-corrected chi connectivity index (χ3v) is 15.3. The number of nitrogens with one attached hydrogen (secondary N) is 6. The molecule has 2 aromatic carbocycles. The maximum absolute atomic E-state index is 14.1. The van der Waals surface area contributed by atoms with Crippen molar-refractivity contribution in [1.82, 2.24) is 61.2 Å². The van der Waals surface area contributed by atoms with Crippen molar-refractivity contribution in [2.45, 2.75) is 117 Å². The summed E-state index contributed by atoms with van der Waals surface area (Å²) in [7, 11) is 1.65. The molecule has 26 heteroatoms. The minimum Gasteiger partial charge on any atom is -0.487 e. The van der Waals surface area contributed by atoms with Gasteiger partial charge in [0.2, 0.25) is 17.7 Å². The highest BCUT2D eigenvalue weighted by Gasteiger charge is 2.48. The Hall–Kier alpha value is -8.46. The highest BCUT2D eigenvalue weighted by molar-refractivity contribution is 6.01. The number of aliphatic hydroxyl groups excluding tert-OH is 1. The number of anilines is 1. The third-order valence-electron chi connectivity index (χ3n) is 15.3. The number of aromatic nitrogens is 6. The zero-order valence-electron chi connectivity index (χ0n) is 51.0. The van der Waals surface area contributed by atoms with Gasteiger partial charge in [-0.15, -0.1) is 5.10 Å². The van der Waals surface area contributed by atoms with Crippen LogP contribution in [0.25, 0.3) is 11.1 Å². The second kappa shape index (κ2) is 30.9. The molecule has 0 bridgehead atoms. The van der Waals surface area contributed by atoms with Crippen molar-refractivity contribution in [1.29, 1.82) is 0 Å². The van der Waals surface area contributed by atoms with E-state index in [1.54, 1.807) is 53.4 Å². The number of rotatable bonds is 34. The fourth-order valence-electron chi connectivity index (χ4n) is 10.4. The minimum absolute atomic E-state index is 0.0131. The molecule has 474 valence electrons. The van der Waals surface area contributed by atoms with Crippen molar-refractivity contribution >= 4 is 41.3 Å². The lowest BCUT2D eigenvalue weighted by Gasteiger charge is -2.38. The van der Waals surface area contributed by atoms with Crippen LogP contribution in [0.4, 0.5) is 10.5 Å². The number of urea groups is 1. The normalized spacial score (nSPS) is 15.4. The average Bonchev–Trinajstić information content (AvgIpc) is 3.95. The van der Waals surface area contributed by atoms with Gasteiger partial charge in [-0.2, -0.15) is 5.10 Å². The lowest BCUT2D eigenvalue weighted by molar-refractivity contribution is -0.139. The molecular weight excluding hydrogens is 1130 g/mol. The summed E-state index contributed by atoms with van der Waals surface area (Å²) in [4.78, 5) is 85.7. The van der Waals surface area contributed by atoms with E-state index in [4.69, 9.17) is 24.7 Å². The Bertz CT molecular complexity index is 3150. The van der Waals surface area contributed by atoms with Crippen molar-refractivity contribution in [2.75, 3.05) is 71.5 Å². The molecular formula is C62H84N14O12. The fraction of sp³-hybridized carbons (Fsp3) is 0.516. The number of amides is 6. The van der Waals surface area contributed by atoms with Gasteiger partial charge in [0.25, 0.3) is 11.8 Å². The molecule has 3 aliphatic rings. The summed E-state index contributed by atoms with van der Waals surface area (Å²) in [6.07, 6.45) is 8.72. The van der Waals surface area contributed by atoms with E-state index >= 15 is 0 Å². The molecule has 5 aromatic rings. The van der Waals surface area contributed by atoms with Crippen LogP contribution in [-0.4, -0.2) is 176 Å². The van der Waals surface area contributed by atoms with Gasteiger partial charge >= 0.3 is 12.0 Å². The average molecular weight is 1220 g/mol. The molecule has 1 aliphatic heterocycles. The summed E-state index contributed by atoms with van der Waals surface area (Å²) in [6, 6.07) is 15.6. The van der Waals surface area contributed by atoms with E-state index in [0.29, 0.717) is 86.8 Å². The van der Waals surface area contributed by atoms with Crippen LogP contribution in [0.15, 0.2) is 84.8 Å². The number of nitrogens with two attached hydrogens (primary N) is 1. The van der Waals surface area contributed by atoms with Gasteiger partial charge in [0.1, 0.15) is 41.9 Å². The lowest BCUT2D eigenvalue weighted by Crippen LogP contribution is -2.59. The third kappa shape index (κ3) is 19.8. The van der Waals surface area contributed by atoms with Crippen molar-refractivity contribution in [3.63, 3.8) is 0 Å². The van der Waals surface area contributed by atoms with E-state index in [-0.39, 0.29) is 85.9 Å². The van der Waals surface area contributed by atoms with Gasteiger partial charge in [-0.25, -0.2) is 19.3 Å². The Morgan fingerprint density at radius 1 is 0.920 bits per heavy atom. The van der Waals surface area contributed by atoms with Crippen LogP contribution in [0.3, 0.4) is 0 Å². The Labute approximate surface area is 512 Å². The van der Waals surface area contributed by atoms with Crippen LogP contribution < -0.4 is 41.8 Å². The first-order valence-corrected chi connectivity index (χ1v) is 30.0. The number of nitrogens with zero attached hydrogens (tertiary/aromatic N) is 7. The number of aliphatic carboxylic acids is 1. The van der Waals surface area contributed by atoms with Crippen LogP contribution in [0, 0.1) is 37.0 Å². The second-order valence-electron chi connectivity index (χ2n) is 24.0. The molecule has 0 spiro atoms. The minimum atomic E-state index is -1.10. The smallest absolute Gasteiger partial charge is 0.326 e. The SMILES string of the molecule is Cc1n[nH]c(C)c1-c1ccc(NC(=O)[C@@H](NC(=O)/C(=C/CN)N(C)CC(O)CNC(=O)Cn2cc(COCCOCCCNC(=O)N3CC(Oc4cccc(Oc5ccc(C(=O)N[C@@H](CCC(C)(C)C)C(=O)O)cn5)c4)C3)nn2)C(C2CC2)C2CC2)cc1. The zero-order chi connectivity index (χ0) is 62.9. The van der Waals surface area contributed by atoms with Crippen molar-refractivity contribution < 1.29 is 57.9 Å². The zero-order valence-corrected chi connectivity index (χ0v) is 51.0. The maximum atomic E-state index is 14.1. The molecule has 1 saturated heterocycles. The number of aryl methyl sites for hydroxylation is 2. The largest absolute Gasteiger partial charge is 0.487 e. The Kier molecular flexibility index (Phi) is 23.0. The molecule has 3 aromatic heterocycles. The number of hydrogen-bond donors (Lipinski definition) is 9. The Morgan fingerprint density at radius 2 is 1.65 bits per heavy atom. The van der Waals surface area contributed by atoms with Crippen molar-refractivity contribution in [3.8, 4) is 28.5 Å². The fourth-order valence-corrected chi connectivity index (χ4v) is 10.4. The van der Waals surface area contributed by atoms with E-state index in [9.17, 15) is 39.0 Å². The highest BCUT2D eigenvalue weighted by Crippen LogP contribution is 2.51. The van der Waals surface area contributed by atoms with E-state index in [2.05, 4.69) is 52.1 Å². The van der Waals surface area contributed by atoms with E-state index in [0.717, 1.165) is 48.2 Å². The van der Waals surface area contributed by atoms with Gasteiger partial charge in [0.15, 0.2) is 0 Å². The number of likely N-dealkylation sites (tertiary alicyclic amines) is 1. The first kappa shape index (κ1) is 65.5. The number of benzene rings is 2. The van der Waals surface area contributed by atoms with Gasteiger partial charge in [0.05, 0.1) is 62.2 Å². The standard InChI is InChI=1S/C62H84N14O12/c1-38-54(39(2)71-70-38)40-15-18-44(19-16-40)67-59(81)56(55(41-11-12-41)42-13-14-42)69-58(80)51(22-24-63)74(6)33-46(77)31-65-52(78)36-76-32-45(72-73-76)37-86-28-27-85-26-8-25-64-61(84)75-34-49(35-75)87-47-9-7-10-48(29-47)88-53-20-17-43(30-66-53)57(79)68-50(60(82)83)21-23-62(3,4)5/h7,9-10,15-20,22,29-30,32,41-42,46,49-50,55-56,77H,8,11-14,21,23-28,31,33-37,63H2,1-6H3,(H,64,84)(H,65,78)(H,67,81)(H,68,79)(H,69,80)(H,70,71)(H,82,83)/b51-22-/t46?,50-,56-/m0/s1. The first-order chi connectivity index (χ1) is 42.2. The number of pyridine rings is 1. The highest BCUT2D eigenvalue weighted by atomic mass is 16.5. The van der Waals surface area contributed by atoms with Gasteiger partial charge in [-0.1, -0.05) is 44.2 Å². The lowest BCUT2D eigenvalue weighted by atomic mass is 9.88. The molecule has 0 radical (unpaired) electrons. The number of carboxylic acid groups (broad SMARTS) is 1.